The van der Waals surface area contributed by atoms with Crippen LogP contribution in [0, 0.1) is 11.3 Å². The van der Waals surface area contributed by atoms with Gasteiger partial charge in [-0.05, 0) is 61.2 Å². The van der Waals surface area contributed by atoms with Gasteiger partial charge in [-0.2, -0.15) is 5.26 Å². The van der Waals surface area contributed by atoms with Crippen LogP contribution < -0.4 is 5.32 Å². The van der Waals surface area contributed by atoms with E-state index in [-0.39, 0.29) is 12.6 Å². The van der Waals surface area contributed by atoms with Crippen molar-refractivity contribution in [3.8, 4) is 6.07 Å². The molecule has 1 fully saturated rings. The van der Waals surface area contributed by atoms with E-state index in [1.165, 1.54) is 4.90 Å². The van der Waals surface area contributed by atoms with Gasteiger partial charge >= 0.3 is 0 Å². The molecule has 3 N–H and O–H groups in total. The van der Waals surface area contributed by atoms with Crippen molar-refractivity contribution in [2.24, 2.45) is 0 Å². The van der Waals surface area contributed by atoms with E-state index in [4.69, 9.17) is 0 Å². The molecule has 2 amide bonds. The van der Waals surface area contributed by atoms with Gasteiger partial charge in [0, 0.05) is 24.0 Å². The summed E-state index contributed by atoms with van der Waals surface area (Å²) in [5, 5.41) is 34.0. The van der Waals surface area contributed by atoms with Gasteiger partial charge in [0.1, 0.15) is 0 Å². The molecule has 0 unspecified atom stereocenters. The van der Waals surface area contributed by atoms with Crippen LogP contribution in [0.4, 0.5) is 0 Å². The predicted octanol–water partition coefficient (Wildman–Crippen LogP) is 1.60. The number of hydrogen-bond donors (Lipinski definition) is 3. The number of thiophene rings is 1. The molecule has 0 bridgehead atoms. The van der Waals surface area contributed by atoms with Crippen LogP contribution in [0.3, 0.4) is 0 Å². The van der Waals surface area contributed by atoms with Crippen LogP contribution in [0.5, 0.6) is 0 Å². The average Bonchev–Trinajstić information content (AvgIpc) is 3.41. The average molecular weight is 442 g/mol. The monoisotopic (exact) mass is 441 g/mol. The van der Waals surface area contributed by atoms with E-state index < -0.39 is 24.0 Å². The van der Waals surface area contributed by atoms with Crippen LogP contribution in [-0.4, -0.2) is 58.3 Å². The number of aliphatic hydroxyl groups is 2. The summed E-state index contributed by atoms with van der Waals surface area (Å²) >= 11 is 1.56. The molecule has 3 rings (SSSR count). The maximum absolute atomic E-state index is 12.3. The van der Waals surface area contributed by atoms with E-state index in [2.05, 4.69) is 11.4 Å². The molecule has 31 heavy (non-hydrogen) atoms. The van der Waals surface area contributed by atoms with Gasteiger partial charge in [-0.3, -0.25) is 9.59 Å². The standard InChI is InChI=1S/C23H27N3O4S/c1-15-5-4-10-26(15)23(30)21(28)20(27)22(29)25-9-8-19-12-16(14-31-19)11-17-6-2-3-7-18(17)13-24/h2-3,6-7,12,14-15,20-21,27-28H,4-5,8-11H2,1H3,(H,25,29)/t15-,20+,21+/m0/s1. The normalized spacial score (nSPS) is 17.7. The lowest BCUT2D eigenvalue weighted by Gasteiger charge is -2.26. The van der Waals surface area contributed by atoms with Crippen molar-refractivity contribution in [1.29, 1.82) is 5.26 Å². The summed E-state index contributed by atoms with van der Waals surface area (Å²) in [4.78, 5) is 27.1. The quantitative estimate of drug-likeness (QED) is 0.576. The van der Waals surface area contributed by atoms with Gasteiger partial charge < -0.3 is 20.4 Å². The third-order valence-electron chi connectivity index (χ3n) is 5.57. The maximum Gasteiger partial charge on any atom is 0.254 e. The Hall–Kier alpha value is -2.73. The highest BCUT2D eigenvalue weighted by molar-refractivity contribution is 7.10. The molecule has 1 aromatic carbocycles. The van der Waals surface area contributed by atoms with E-state index in [0.29, 0.717) is 24.9 Å². The van der Waals surface area contributed by atoms with Gasteiger partial charge in [-0.15, -0.1) is 11.3 Å². The largest absolute Gasteiger partial charge is 0.380 e. The van der Waals surface area contributed by atoms with Gasteiger partial charge in [-0.25, -0.2) is 0 Å². The highest BCUT2D eigenvalue weighted by atomic mass is 32.1. The highest BCUT2D eigenvalue weighted by Gasteiger charge is 2.36. The number of amides is 2. The topological polar surface area (TPSA) is 114 Å². The molecule has 0 aliphatic carbocycles. The number of nitrogens with one attached hydrogen (secondary N) is 1. The highest BCUT2D eigenvalue weighted by Crippen LogP contribution is 2.20. The Balaban J connectivity index is 1.47. The van der Waals surface area contributed by atoms with Crippen LogP contribution in [-0.2, 0) is 22.4 Å². The van der Waals surface area contributed by atoms with Crippen molar-refractivity contribution in [2.75, 3.05) is 13.1 Å². The van der Waals surface area contributed by atoms with E-state index in [1.54, 1.807) is 17.4 Å². The van der Waals surface area contributed by atoms with Crippen LogP contribution in [0.2, 0.25) is 0 Å². The molecular formula is C23H27N3O4S. The van der Waals surface area contributed by atoms with E-state index in [9.17, 15) is 25.1 Å². The summed E-state index contributed by atoms with van der Waals surface area (Å²) in [7, 11) is 0. The molecule has 7 nitrogen and oxygen atoms in total. The van der Waals surface area contributed by atoms with Crippen LogP contribution in [0.25, 0.3) is 0 Å². The number of nitrogens with zero attached hydrogens (tertiary/aromatic N) is 2. The first-order valence-electron chi connectivity index (χ1n) is 10.4. The Morgan fingerprint density at radius 2 is 2.10 bits per heavy atom. The van der Waals surface area contributed by atoms with E-state index in [0.717, 1.165) is 28.8 Å². The van der Waals surface area contributed by atoms with Crippen LogP contribution in [0.15, 0.2) is 35.7 Å². The SMILES string of the molecule is C[C@H]1CCCN1C(=O)[C@H](O)[C@@H](O)C(=O)NCCc1cc(Cc2ccccc2C#N)cs1. The minimum atomic E-state index is -1.79. The Labute approximate surface area is 185 Å². The van der Waals surface area contributed by atoms with Gasteiger partial charge in [0.25, 0.3) is 11.8 Å². The van der Waals surface area contributed by atoms with Gasteiger partial charge in [0.05, 0.1) is 11.6 Å². The zero-order chi connectivity index (χ0) is 22.4. The molecule has 1 aliphatic heterocycles. The summed E-state index contributed by atoms with van der Waals surface area (Å²) in [5.41, 5.74) is 2.72. The first-order chi connectivity index (χ1) is 14.9. The number of nitriles is 1. The predicted molar refractivity (Wildman–Crippen MR) is 117 cm³/mol. The molecule has 2 aromatic rings. The van der Waals surface area contributed by atoms with Gasteiger partial charge in [0.2, 0.25) is 0 Å². The van der Waals surface area contributed by atoms with Gasteiger partial charge in [-0.1, -0.05) is 18.2 Å². The second-order valence-corrected chi connectivity index (χ2v) is 8.82. The molecule has 2 heterocycles. The van der Waals surface area contributed by atoms with Gasteiger partial charge in [0.15, 0.2) is 12.2 Å². The fourth-order valence-corrected chi connectivity index (χ4v) is 4.67. The summed E-state index contributed by atoms with van der Waals surface area (Å²) in [6.45, 7) is 2.70. The molecule has 0 radical (unpaired) electrons. The van der Waals surface area contributed by atoms with Crippen molar-refractivity contribution < 1.29 is 19.8 Å². The Kier molecular flexibility index (Phi) is 7.80. The number of likely N-dealkylation sites (tertiary alicyclic amines) is 1. The van der Waals surface area contributed by atoms with Crippen molar-refractivity contribution in [1.82, 2.24) is 10.2 Å². The molecule has 1 saturated heterocycles. The fourth-order valence-electron chi connectivity index (χ4n) is 3.78. The number of rotatable bonds is 8. The molecule has 164 valence electrons. The summed E-state index contributed by atoms with van der Waals surface area (Å²) in [5.74, 6) is -1.36. The lowest BCUT2D eigenvalue weighted by Crippen LogP contribution is -2.51. The Bertz CT molecular complexity index is 968. The number of carbonyl (C=O) groups excluding carboxylic acids is 2. The number of aliphatic hydroxyl groups excluding tert-OH is 2. The zero-order valence-corrected chi connectivity index (χ0v) is 18.3. The molecular weight excluding hydrogens is 414 g/mol. The lowest BCUT2D eigenvalue weighted by atomic mass is 10.0. The second kappa shape index (κ2) is 10.5. The first-order valence-corrected chi connectivity index (χ1v) is 11.3. The number of benzene rings is 1. The maximum atomic E-state index is 12.3. The summed E-state index contributed by atoms with van der Waals surface area (Å²) < 4.78 is 0. The third kappa shape index (κ3) is 5.70. The Morgan fingerprint density at radius 1 is 1.32 bits per heavy atom. The van der Waals surface area contributed by atoms with Crippen molar-refractivity contribution >= 4 is 23.2 Å². The summed E-state index contributed by atoms with van der Waals surface area (Å²) in [6.07, 6.45) is -0.612. The first kappa shape index (κ1) is 22.9. The van der Waals surface area contributed by atoms with E-state index in [1.807, 2.05) is 36.6 Å². The minimum absolute atomic E-state index is 0.00515. The fraction of sp³-hybridized carbons (Fsp3) is 0.435. The second-order valence-electron chi connectivity index (χ2n) is 7.82. The van der Waals surface area contributed by atoms with E-state index >= 15 is 0 Å². The molecule has 8 heteroatoms. The molecule has 0 saturated carbocycles. The van der Waals surface area contributed by atoms with Crippen LogP contribution >= 0.6 is 11.3 Å². The molecule has 0 spiro atoms. The van der Waals surface area contributed by atoms with Crippen LogP contribution in [0.1, 0.15) is 41.3 Å². The third-order valence-corrected chi connectivity index (χ3v) is 6.61. The van der Waals surface area contributed by atoms with Crippen molar-refractivity contribution in [3.05, 3.63) is 57.3 Å². The molecule has 3 atom stereocenters. The molecule has 1 aliphatic rings. The number of hydrogen-bond acceptors (Lipinski definition) is 6. The van der Waals surface area contributed by atoms with Crippen molar-refractivity contribution in [3.63, 3.8) is 0 Å². The lowest BCUT2D eigenvalue weighted by molar-refractivity contribution is -0.153. The van der Waals surface area contributed by atoms with Crippen molar-refractivity contribution in [2.45, 2.75) is 50.9 Å². The smallest absolute Gasteiger partial charge is 0.254 e. The zero-order valence-electron chi connectivity index (χ0n) is 17.5. The Morgan fingerprint density at radius 3 is 2.81 bits per heavy atom. The molecule has 1 aromatic heterocycles. The number of carbonyl (C=O) groups is 2. The summed E-state index contributed by atoms with van der Waals surface area (Å²) in [6, 6.07) is 11.7. The minimum Gasteiger partial charge on any atom is -0.380 e.